The van der Waals surface area contributed by atoms with Gasteiger partial charge in [0.2, 0.25) is 11.9 Å². The fraction of sp³-hybridized carbons (Fsp3) is 0.667. The van der Waals surface area contributed by atoms with E-state index in [4.69, 9.17) is 4.74 Å². The zero-order valence-electron chi connectivity index (χ0n) is 17.0. The third kappa shape index (κ3) is 3.50. The second-order valence-electron chi connectivity index (χ2n) is 7.51. The number of guanidine groups is 1. The van der Waals surface area contributed by atoms with Gasteiger partial charge in [-0.3, -0.25) is 14.6 Å². The van der Waals surface area contributed by atoms with Crippen molar-refractivity contribution in [1.29, 1.82) is 0 Å². The number of amidine groups is 1. The van der Waals surface area contributed by atoms with Crippen molar-refractivity contribution >= 4 is 35.4 Å². The standard InChI is InChI=1S/C18H27N6O4/c1-6-28-13(25)10-24-17-19-15-14(23(17)9-12(4)20-24)16(26)22(8-7-11(2)3)18(27)21(15)5/h11,14H,6-10H2,1-5H3/q+1. The molecule has 0 aromatic rings. The number of carbonyl (C=O) groups is 3. The second kappa shape index (κ2) is 7.69. The van der Waals surface area contributed by atoms with Gasteiger partial charge < -0.3 is 4.74 Å². The number of rotatable bonds is 6. The molecule has 0 aliphatic carbocycles. The van der Waals surface area contributed by atoms with Crippen molar-refractivity contribution in [2.24, 2.45) is 16.0 Å². The summed E-state index contributed by atoms with van der Waals surface area (Å²) in [7, 11) is 1.62. The largest absolute Gasteiger partial charge is 0.464 e. The first-order valence-electron chi connectivity index (χ1n) is 9.53. The van der Waals surface area contributed by atoms with Gasteiger partial charge in [-0.25, -0.2) is 14.2 Å². The van der Waals surface area contributed by atoms with Gasteiger partial charge in [0, 0.05) is 13.6 Å². The van der Waals surface area contributed by atoms with Crippen LogP contribution in [0.2, 0.25) is 0 Å². The molecule has 0 spiro atoms. The van der Waals surface area contributed by atoms with Gasteiger partial charge in [-0.2, -0.15) is 0 Å². The Labute approximate surface area is 164 Å². The molecular weight excluding hydrogens is 364 g/mol. The topological polar surface area (TPSA) is 97.9 Å². The Bertz CT molecular complexity index is 800. The summed E-state index contributed by atoms with van der Waals surface area (Å²) in [6.07, 6.45) is 0.733. The van der Waals surface area contributed by atoms with Crippen LogP contribution in [0.3, 0.4) is 0 Å². The normalized spacial score (nSPS) is 21.8. The minimum Gasteiger partial charge on any atom is -0.464 e. The van der Waals surface area contributed by atoms with Gasteiger partial charge >= 0.3 is 18.0 Å². The number of fused-ring (bicyclic) bond motifs is 2. The monoisotopic (exact) mass is 391 g/mol. The maximum absolute atomic E-state index is 13.2. The van der Waals surface area contributed by atoms with E-state index in [1.54, 1.807) is 18.5 Å². The predicted molar refractivity (Wildman–Crippen MR) is 102 cm³/mol. The van der Waals surface area contributed by atoms with Gasteiger partial charge in [-0.05, 0) is 26.2 Å². The van der Waals surface area contributed by atoms with Crippen molar-refractivity contribution in [2.45, 2.75) is 40.2 Å². The summed E-state index contributed by atoms with van der Waals surface area (Å²) in [5.74, 6) is 0.402. The Morgan fingerprint density at radius 3 is 2.71 bits per heavy atom. The summed E-state index contributed by atoms with van der Waals surface area (Å²) < 4.78 is 6.80. The fourth-order valence-corrected chi connectivity index (χ4v) is 3.43. The molecule has 1 saturated heterocycles. The Kier molecular flexibility index (Phi) is 5.48. The van der Waals surface area contributed by atoms with E-state index in [1.807, 2.05) is 6.92 Å². The summed E-state index contributed by atoms with van der Waals surface area (Å²) in [5.41, 5.74) is 0.741. The molecule has 1 atom stereocenters. The van der Waals surface area contributed by atoms with E-state index in [0.29, 0.717) is 30.8 Å². The molecule has 0 saturated carbocycles. The molecule has 28 heavy (non-hydrogen) atoms. The SMILES string of the molecule is CCOC(=O)CN1N=C(C)C[N+]2=C1N=C1C2C(=O)N(CCC(C)C)C(=O)N1C. The van der Waals surface area contributed by atoms with Crippen molar-refractivity contribution in [3.63, 3.8) is 0 Å². The van der Waals surface area contributed by atoms with Crippen LogP contribution in [0.25, 0.3) is 0 Å². The third-order valence-corrected chi connectivity index (χ3v) is 4.82. The Morgan fingerprint density at radius 1 is 1.36 bits per heavy atom. The maximum Gasteiger partial charge on any atom is 0.417 e. The minimum atomic E-state index is -0.694. The van der Waals surface area contributed by atoms with Crippen molar-refractivity contribution in [1.82, 2.24) is 14.8 Å². The van der Waals surface area contributed by atoms with Crippen LogP contribution < -0.4 is 0 Å². The molecule has 1 unspecified atom stereocenters. The molecule has 3 heterocycles. The molecule has 3 aliphatic rings. The van der Waals surface area contributed by atoms with Crippen LogP contribution in [0.15, 0.2) is 10.1 Å². The number of likely N-dealkylation sites (N-methyl/N-ethyl adjacent to an activating group) is 1. The number of esters is 1. The van der Waals surface area contributed by atoms with Gasteiger partial charge in [-0.1, -0.05) is 18.8 Å². The van der Waals surface area contributed by atoms with Crippen molar-refractivity contribution in [3.05, 3.63) is 0 Å². The average molecular weight is 391 g/mol. The van der Waals surface area contributed by atoms with E-state index in [9.17, 15) is 14.4 Å². The van der Waals surface area contributed by atoms with Crippen molar-refractivity contribution in [2.75, 3.05) is 33.3 Å². The lowest BCUT2D eigenvalue weighted by molar-refractivity contribution is -0.527. The van der Waals surface area contributed by atoms with Crippen molar-refractivity contribution in [3.8, 4) is 0 Å². The maximum atomic E-state index is 13.2. The van der Waals surface area contributed by atoms with E-state index in [-0.39, 0.29) is 25.1 Å². The number of urea groups is 1. The lowest BCUT2D eigenvalue weighted by atomic mass is 10.1. The number of nitrogens with zero attached hydrogens (tertiary/aromatic N) is 6. The van der Waals surface area contributed by atoms with Crippen LogP contribution in [-0.4, -0.2) is 94.1 Å². The second-order valence-corrected chi connectivity index (χ2v) is 7.51. The van der Waals surface area contributed by atoms with Crippen molar-refractivity contribution < 1.29 is 23.7 Å². The summed E-state index contributed by atoms with van der Waals surface area (Å²) in [6, 6.07) is -1.07. The first-order valence-corrected chi connectivity index (χ1v) is 9.53. The fourth-order valence-electron chi connectivity index (χ4n) is 3.43. The lowest BCUT2D eigenvalue weighted by Gasteiger charge is -2.34. The molecule has 0 N–H and O–H groups in total. The summed E-state index contributed by atoms with van der Waals surface area (Å²) in [5, 5.41) is 5.82. The third-order valence-electron chi connectivity index (χ3n) is 4.82. The molecule has 3 aliphatic heterocycles. The summed E-state index contributed by atoms with van der Waals surface area (Å²) in [6.45, 7) is 8.59. The number of hydrogen-bond acceptors (Lipinski definition) is 7. The zero-order valence-corrected chi connectivity index (χ0v) is 17.0. The smallest absolute Gasteiger partial charge is 0.417 e. The number of ether oxygens (including phenoxy) is 1. The predicted octanol–water partition coefficient (Wildman–Crippen LogP) is 0.330. The van der Waals surface area contributed by atoms with Gasteiger partial charge in [-0.15, -0.1) is 10.1 Å². The van der Waals surface area contributed by atoms with Gasteiger partial charge in [0.25, 0.3) is 5.91 Å². The molecule has 0 radical (unpaired) electrons. The van der Waals surface area contributed by atoms with E-state index >= 15 is 0 Å². The van der Waals surface area contributed by atoms with Crippen LogP contribution in [0.5, 0.6) is 0 Å². The Balaban J connectivity index is 1.91. The van der Waals surface area contributed by atoms with E-state index in [0.717, 1.165) is 12.1 Å². The summed E-state index contributed by atoms with van der Waals surface area (Å²) in [4.78, 5) is 45.0. The molecule has 1 fully saturated rings. The van der Waals surface area contributed by atoms with Gasteiger partial charge in [0.1, 0.15) is 6.54 Å². The highest BCUT2D eigenvalue weighted by Gasteiger charge is 2.54. The summed E-state index contributed by atoms with van der Waals surface area (Å²) >= 11 is 0. The molecule has 0 aromatic heterocycles. The number of hydrazone groups is 1. The average Bonchev–Trinajstić information content (AvgIpc) is 2.99. The zero-order chi connectivity index (χ0) is 20.6. The highest BCUT2D eigenvalue weighted by Crippen LogP contribution is 2.23. The van der Waals surface area contributed by atoms with Crippen LogP contribution in [0, 0.1) is 5.92 Å². The Hall–Kier alpha value is -2.78. The molecule has 3 rings (SSSR count). The molecule has 152 valence electrons. The van der Waals surface area contributed by atoms with Crippen LogP contribution in [-0.2, 0) is 14.3 Å². The van der Waals surface area contributed by atoms with Gasteiger partial charge in [0.05, 0.1) is 12.3 Å². The molecule has 0 bridgehead atoms. The molecular formula is C18H27N6O4+. The molecule has 3 amide bonds. The van der Waals surface area contributed by atoms with Gasteiger partial charge in [0.15, 0.2) is 6.54 Å². The molecule has 10 heteroatoms. The highest BCUT2D eigenvalue weighted by molar-refractivity contribution is 6.23. The number of imide groups is 1. The number of amides is 3. The lowest BCUT2D eigenvalue weighted by Crippen LogP contribution is -2.63. The number of carbonyl (C=O) groups excluding carboxylic acids is 3. The van der Waals surface area contributed by atoms with E-state index in [2.05, 4.69) is 23.9 Å². The Morgan fingerprint density at radius 2 is 2.07 bits per heavy atom. The van der Waals surface area contributed by atoms with E-state index < -0.39 is 12.0 Å². The molecule has 0 aromatic carbocycles. The first-order chi connectivity index (χ1) is 13.2. The van der Waals surface area contributed by atoms with Crippen LogP contribution >= 0.6 is 0 Å². The number of hydrogen-bond donors (Lipinski definition) is 0. The quantitative estimate of drug-likeness (QED) is 0.480. The van der Waals surface area contributed by atoms with Crippen LogP contribution in [0.4, 0.5) is 4.79 Å². The first kappa shape index (κ1) is 20.0. The van der Waals surface area contributed by atoms with E-state index in [1.165, 1.54) is 14.8 Å². The van der Waals surface area contributed by atoms with Crippen LogP contribution in [0.1, 0.15) is 34.1 Å². The minimum absolute atomic E-state index is 0.108. The highest BCUT2D eigenvalue weighted by atomic mass is 16.5. The molecule has 10 nitrogen and oxygen atoms in total. The number of aliphatic imine (C=N–C) groups is 1.